The minimum absolute atomic E-state index is 0.0322. The van der Waals surface area contributed by atoms with Gasteiger partial charge in [0.15, 0.2) is 0 Å². The number of amides is 1. The minimum atomic E-state index is -0.894. The van der Waals surface area contributed by atoms with E-state index in [1.807, 2.05) is 50.8 Å². The number of benzene rings is 3. The van der Waals surface area contributed by atoms with Crippen molar-refractivity contribution in [2.45, 2.75) is 39.0 Å². The highest BCUT2D eigenvalue weighted by Gasteiger charge is 2.58. The van der Waals surface area contributed by atoms with Crippen molar-refractivity contribution in [3.63, 3.8) is 0 Å². The summed E-state index contributed by atoms with van der Waals surface area (Å²) in [6, 6.07) is 29.1. The number of rotatable bonds is 6. The Hall–Kier alpha value is -3.84. The maximum absolute atomic E-state index is 14.0. The van der Waals surface area contributed by atoms with Crippen LogP contribution in [-0.4, -0.2) is 23.9 Å². The molecule has 2 atom stereocenters. The molecule has 0 radical (unpaired) electrons. The third-order valence-electron chi connectivity index (χ3n) is 7.44. The molecule has 0 heterocycles. The number of nitrogens with two attached hydrogens (primary N) is 1. The predicted molar refractivity (Wildman–Crippen MR) is 141 cm³/mol. The summed E-state index contributed by atoms with van der Waals surface area (Å²) in [6.07, 6.45) is 0. The zero-order valence-corrected chi connectivity index (χ0v) is 21.0. The van der Waals surface area contributed by atoms with Gasteiger partial charge in [0, 0.05) is 24.7 Å². The zero-order chi connectivity index (χ0) is 25.2. The number of allylic oxidation sites excluding steroid dienone is 1. The second-order valence-corrected chi connectivity index (χ2v) is 9.36. The van der Waals surface area contributed by atoms with Crippen LogP contribution in [0.25, 0.3) is 0 Å². The summed E-state index contributed by atoms with van der Waals surface area (Å²) in [6.45, 7) is 9.23. The van der Waals surface area contributed by atoms with E-state index < -0.39 is 11.3 Å². The van der Waals surface area contributed by atoms with E-state index in [0.717, 1.165) is 27.8 Å². The Labute approximate surface area is 208 Å². The highest BCUT2D eigenvalue weighted by atomic mass is 16.2. The molecule has 0 bridgehead atoms. The summed E-state index contributed by atoms with van der Waals surface area (Å²) in [5.74, 6) is -1.04. The average Bonchev–Trinajstić information content (AvgIpc) is 3.15. The van der Waals surface area contributed by atoms with E-state index in [0.29, 0.717) is 24.4 Å². The molecular formula is C31H33N3O. The third-order valence-corrected chi connectivity index (χ3v) is 7.44. The molecule has 1 aliphatic carbocycles. The first-order chi connectivity index (χ1) is 16.9. The van der Waals surface area contributed by atoms with E-state index in [2.05, 4.69) is 66.7 Å². The molecule has 2 unspecified atom stereocenters. The van der Waals surface area contributed by atoms with Gasteiger partial charge in [-0.05, 0) is 44.4 Å². The van der Waals surface area contributed by atoms with Crippen molar-refractivity contribution < 1.29 is 4.79 Å². The lowest BCUT2D eigenvalue weighted by atomic mass is 9.60. The fraction of sp³-hybridized carbons (Fsp3) is 0.290. The second-order valence-electron chi connectivity index (χ2n) is 9.36. The van der Waals surface area contributed by atoms with Crippen LogP contribution in [0.2, 0.25) is 0 Å². The molecule has 35 heavy (non-hydrogen) atoms. The van der Waals surface area contributed by atoms with Crippen molar-refractivity contribution in [2.75, 3.05) is 13.1 Å². The molecule has 1 amide bonds. The lowest BCUT2D eigenvalue weighted by Crippen LogP contribution is -2.43. The molecule has 178 valence electrons. The lowest BCUT2D eigenvalue weighted by molar-refractivity contribution is -0.134. The summed E-state index contributed by atoms with van der Waals surface area (Å²) in [5, 5.41) is 10.6. The summed E-state index contributed by atoms with van der Waals surface area (Å²) >= 11 is 0. The van der Waals surface area contributed by atoms with Gasteiger partial charge in [0.05, 0.1) is 23.0 Å². The van der Waals surface area contributed by atoms with Crippen LogP contribution < -0.4 is 5.73 Å². The Morgan fingerprint density at radius 2 is 1.37 bits per heavy atom. The maximum Gasteiger partial charge on any atom is 0.232 e. The minimum Gasteiger partial charge on any atom is -0.401 e. The van der Waals surface area contributed by atoms with E-state index >= 15 is 0 Å². The number of hydrogen-bond acceptors (Lipinski definition) is 3. The topological polar surface area (TPSA) is 70.1 Å². The van der Waals surface area contributed by atoms with Gasteiger partial charge in [-0.2, -0.15) is 5.26 Å². The zero-order valence-electron chi connectivity index (χ0n) is 21.0. The molecule has 1 aliphatic rings. The van der Waals surface area contributed by atoms with Gasteiger partial charge in [-0.1, -0.05) is 90.0 Å². The predicted octanol–water partition coefficient (Wildman–Crippen LogP) is 5.61. The molecule has 4 heteroatoms. The van der Waals surface area contributed by atoms with E-state index in [1.54, 1.807) is 0 Å². The normalized spacial score (nSPS) is 18.8. The van der Waals surface area contributed by atoms with Gasteiger partial charge in [-0.15, -0.1) is 0 Å². The fourth-order valence-corrected chi connectivity index (χ4v) is 5.68. The van der Waals surface area contributed by atoms with Crippen molar-refractivity contribution in [3.8, 4) is 6.07 Å². The number of hydrogen-bond donors (Lipinski definition) is 1. The van der Waals surface area contributed by atoms with Crippen LogP contribution in [0.3, 0.4) is 0 Å². The van der Waals surface area contributed by atoms with E-state index in [1.165, 1.54) is 0 Å². The van der Waals surface area contributed by atoms with Crippen molar-refractivity contribution in [3.05, 3.63) is 118 Å². The first-order valence-corrected chi connectivity index (χ1v) is 12.3. The summed E-state index contributed by atoms with van der Waals surface area (Å²) < 4.78 is 0. The van der Waals surface area contributed by atoms with Crippen molar-refractivity contribution in [1.82, 2.24) is 4.90 Å². The summed E-state index contributed by atoms with van der Waals surface area (Å²) in [5.41, 5.74) is 12.0. The summed E-state index contributed by atoms with van der Waals surface area (Å²) in [7, 11) is 0. The number of carbonyl (C=O) groups excluding carboxylic acids is 1. The number of carbonyl (C=O) groups is 1. The van der Waals surface area contributed by atoms with Crippen LogP contribution >= 0.6 is 0 Å². The van der Waals surface area contributed by atoms with E-state index in [9.17, 15) is 10.1 Å². The van der Waals surface area contributed by atoms with Crippen LogP contribution in [0.1, 0.15) is 47.6 Å². The Kier molecular flexibility index (Phi) is 6.80. The second kappa shape index (κ2) is 9.80. The van der Waals surface area contributed by atoms with Crippen molar-refractivity contribution >= 4 is 5.91 Å². The van der Waals surface area contributed by atoms with Gasteiger partial charge in [0.2, 0.25) is 5.91 Å². The van der Waals surface area contributed by atoms with Gasteiger partial charge in [-0.25, -0.2) is 0 Å². The monoisotopic (exact) mass is 463 g/mol. The smallest absolute Gasteiger partial charge is 0.232 e. The Morgan fingerprint density at radius 3 is 1.80 bits per heavy atom. The van der Waals surface area contributed by atoms with Crippen LogP contribution in [-0.2, 0) is 10.2 Å². The van der Waals surface area contributed by atoms with Crippen molar-refractivity contribution in [2.24, 2.45) is 11.7 Å². The molecule has 0 aliphatic heterocycles. The highest BCUT2D eigenvalue weighted by Crippen LogP contribution is 2.59. The molecule has 0 aromatic heterocycles. The maximum atomic E-state index is 14.0. The lowest BCUT2D eigenvalue weighted by Gasteiger charge is -2.40. The standard InChI is InChI=1S/C31H33N3O/c1-5-34(6-2)30(35)27-28(23-10-8-7-9-11-23)31(26(20-32)29(27)33,24-16-12-21(3)13-17-24)25-18-14-22(4)15-19-25/h7-19,27-28H,5-6,33H2,1-4H3. The third kappa shape index (κ3) is 3.91. The summed E-state index contributed by atoms with van der Waals surface area (Å²) in [4.78, 5) is 15.8. The van der Waals surface area contributed by atoms with Gasteiger partial charge >= 0.3 is 0 Å². The van der Waals surface area contributed by atoms with Crippen LogP contribution in [0.15, 0.2) is 90.1 Å². The average molecular weight is 464 g/mol. The van der Waals surface area contributed by atoms with Gasteiger partial charge in [0.25, 0.3) is 0 Å². The van der Waals surface area contributed by atoms with Crippen LogP contribution in [0.5, 0.6) is 0 Å². The molecule has 3 aromatic carbocycles. The molecule has 4 nitrogen and oxygen atoms in total. The highest BCUT2D eigenvalue weighted by molar-refractivity contribution is 5.86. The van der Waals surface area contributed by atoms with Gasteiger partial charge in [0.1, 0.15) is 0 Å². The molecule has 0 saturated heterocycles. The Bertz CT molecular complexity index is 1220. The Balaban J connectivity index is 2.13. The largest absolute Gasteiger partial charge is 0.401 e. The molecule has 0 fully saturated rings. The van der Waals surface area contributed by atoms with E-state index in [-0.39, 0.29) is 11.8 Å². The molecule has 3 aromatic rings. The molecular weight excluding hydrogens is 430 g/mol. The first-order valence-electron chi connectivity index (χ1n) is 12.3. The van der Waals surface area contributed by atoms with E-state index in [4.69, 9.17) is 5.73 Å². The van der Waals surface area contributed by atoms with Crippen LogP contribution in [0, 0.1) is 31.1 Å². The molecule has 0 spiro atoms. The van der Waals surface area contributed by atoms with Gasteiger partial charge < -0.3 is 10.6 Å². The van der Waals surface area contributed by atoms with Crippen molar-refractivity contribution in [1.29, 1.82) is 5.26 Å². The molecule has 0 saturated carbocycles. The quantitative estimate of drug-likeness (QED) is 0.517. The number of nitriles is 1. The SMILES string of the molecule is CCN(CC)C(=O)C1C(N)=C(C#N)C(c2ccc(C)cc2)(c2ccc(C)cc2)C1c1ccccc1. The number of aryl methyl sites for hydroxylation is 2. The molecule has 4 rings (SSSR count). The molecule has 2 N–H and O–H groups in total. The Morgan fingerprint density at radius 1 is 0.886 bits per heavy atom. The van der Waals surface area contributed by atoms with Crippen LogP contribution in [0.4, 0.5) is 0 Å². The number of nitrogens with zero attached hydrogens (tertiary/aromatic N) is 2. The first kappa shape index (κ1) is 24.3. The fourth-order valence-electron chi connectivity index (χ4n) is 5.68. The van der Waals surface area contributed by atoms with Gasteiger partial charge in [-0.3, -0.25) is 4.79 Å².